The number of rotatable bonds is 6. The Labute approximate surface area is 228 Å². The molecule has 0 bridgehead atoms. The van der Waals surface area contributed by atoms with E-state index in [9.17, 15) is 13.9 Å². The monoisotopic (exact) mass is 551 g/mol. The SMILES string of the molecule is COc1ncc(-c2nc3c(n2C(C)C)C(c2ccc(C)cc2)N(c2ccc4c(c2)OC(F)(F)O4)C3O)c(OC)n1. The van der Waals surface area contributed by atoms with Crippen LogP contribution in [0.4, 0.5) is 14.5 Å². The molecule has 0 fully saturated rings. The first-order chi connectivity index (χ1) is 19.1. The molecular formula is C28H27F2N5O5. The molecule has 6 rings (SSSR count). The van der Waals surface area contributed by atoms with Gasteiger partial charge >= 0.3 is 12.3 Å². The van der Waals surface area contributed by atoms with E-state index in [2.05, 4.69) is 14.7 Å². The van der Waals surface area contributed by atoms with Crippen LogP contribution in [0.2, 0.25) is 0 Å². The van der Waals surface area contributed by atoms with E-state index in [0.717, 1.165) is 16.8 Å². The molecule has 2 aliphatic rings. The van der Waals surface area contributed by atoms with Gasteiger partial charge in [-0.25, -0.2) is 9.97 Å². The summed E-state index contributed by atoms with van der Waals surface area (Å²) in [5.41, 5.74) is 4.07. The average Bonchev–Trinajstić information content (AvgIpc) is 3.55. The fraction of sp³-hybridized carbons (Fsp3) is 0.321. The van der Waals surface area contributed by atoms with Gasteiger partial charge in [0, 0.05) is 24.0 Å². The van der Waals surface area contributed by atoms with E-state index in [1.165, 1.54) is 26.4 Å². The summed E-state index contributed by atoms with van der Waals surface area (Å²) >= 11 is 0. The zero-order valence-corrected chi connectivity index (χ0v) is 22.4. The number of nitrogens with zero attached hydrogens (tertiary/aromatic N) is 5. The summed E-state index contributed by atoms with van der Waals surface area (Å²) in [7, 11) is 2.96. The van der Waals surface area contributed by atoms with Crippen molar-refractivity contribution in [1.82, 2.24) is 19.5 Å². The van der Waals surface area contributed by atoms with E-state index in [4.69, 9.17) is 19.2 Å². The number of hydrogen-bond donors (Lipinski definition) is 1. The van der Waals surface area contributed by atoms with Crippen LogP contribution in [0, 0.1) is 6.92 Å². The fourth-order valence-electron chi connectivity index (χ4n) is 5.26. The van der Waals surface area contributed by atoms with E-state index >= 15 is 0 Å². The molecule has 0 saturated heterocycles. The molecule has 4 heterocycles. The minimum atomic E-state index is -3.76. The van der Waals surface area contributed by atoms with Gasteiger partial charge in [-0.3, -0.25) is 0 Å². The molecular weight excluding hydrogens is 524 g/mol. The van der Waals surface area contributed by atoms with E-state index in [-0.39, 0.29) is 29.4 Å². The molecule has 2 aromatic heterocycles. The number of ether oxygens (including phenoxy) is 4. The topological polar surface area (TPSA) is 104 Å². The van der Waals surface area contributed by atoms with Crippen molar-refractivity contribution in [2.45, 2.75) is 45.4 Å². The lowest BCUT2D eigenvalue weighted by Gasteiger charge is -2.32. The maximum Gasteiger partial charge on any atom is 0.586 e. The quantitative estimate of drug-likeness (QED) is 0.348. The van der Waals surface area contributed by atoms with Crippen molar-refractivity contribution in [3.63, 3.8) is 0 Å². The van der Waals surface area contributed by atoms with Crippen molar-refractivity contribution < 1.29 is 32.8 Å². The van der Waals surface area contributed by atoms with Crippen molar-refractivity contribution in [3.8, 4) is 34.8 Å². The molecule has 1 N–H and O–H groups in total. The summed E-state index contributed by atoms with van der Waals surface area (Å²) in [5, 5.41) is 11.8. The Kier molecular flexibility index (Phi) is 6.02. The van der Waals surface area contributed by atoms with E-state index in [1.54, 1.807) is 17.2 Å². The summed E-state index contributed by atoms with van der Waals surface area (Å²) in [4.78, 5) is 15.2. The standard InChI is InChI=1S/C28H27F2N5O5/c1-14(2)34-23-21(32-24(34)18-13-31-27(38-5)33-25(18)37-4)26(36)35(22(23)16-8-6-15(3)7-9-16)17-10-11-19-20(12-17)40-28(29,30)39-19/h6-14,22,26,36H,1-5H3. The van der Waals surface area contributed by atoms with Crippen LogP contribution in [0.3, 0.4) is 0 Å². The van der Waals surface area contributed by atoms with Gasteiger partial charge in [0.05, 0.1) is 31.5 Å². The molecule has 2 aliphatic heterocycles. The first kappa shape index (κ1) is 25.8. The summed E-state index contributed by atoms with van der Waals surface area (Å²) in [6.45, 7) is 6.00. The molecule has 12 heteroatoms. The van der Waals surface area contributed by atoms with Crippen LogP contribution in [0.1, 0.15) is 54.7 Å². The minimum Gasteiger partial charge on any atom is -0.480 e. The first-order valence-corrected chi connectivity index (χ1v) is 12.6. The number of aryl methyl sites for hydroxylation is 1. The number of aromatic nitrogens is 4. The van der Waals surface area contributed by atoms with Gasteiger partial charge in [0.1, 0.15) is 11.5 Å². The number of anilines is 1. The molecule has 10 nitrogen and oxygen atoms in total. The Bertz CT molecular complexity index is 1590. The Morgan fingerprint density at radius 3 is 2.40 bits per heavy atom. The number of aliphatic hydroxyl groups excluding tert-OH is 1. The van der Waals surface area contributed by atoms with Gasteiger partial charge in [-0.05, 0) is 38.5 Å². The number of fused-ring (bicyclic) bond motifs is 2. The second-order valence-corrected chi connectivity index (χ2v) is 9.84. The van der Waals surface area contributed by atoms with Gasteiger partial charge in [-0.15, -0.1) is 8.78 Å². The third-order valence-electron chi connectivity index (χ3n) is 6.96. The van der Waals surface area contributed by atoms with Crippen LogP contribution in [0.5, 0.6) is 23.4 Å². The van der Waals surface area contributed by atoms with Crippen LogP contribution < -0.4 is 23.8 Å². The largest absolute Gasteiger partial charge is 0.586 e. The van der Waals surface area contributed by atoms with Crippen molar-refractivity contribution in [1.29, 1.82) is 0 Å². The van der Waals surface area contributed by atoms with Gasteiger partial charge < -0.3 is 33.5 Å². The van der Waals surface area contributed by atoms with Gasteiger partial charge in [0.25, 0.3) is 0 Å². The highest BCUT2D eigenvalue weighted by atomic mass is 19.3. The van der Waals surface area contributed by atoms with Gasteiger partial charge in [-0.1, -0.05) is 29.8 Å². The number of aliphatic hydroxyl groups is 1. The lowest BCUT2D eigenvalue weighted by atomic mass is 10.0. The number of alkyl halides is 2. The lowest BCUT2D eigenvalue weighted by molar-refractivity contribution is -0.286. The smallest absolute Gasteiger partial charge is 0.480 e. The predicted molar refractivity (Wildman–Crippen MR) is 140 cm³/mol. The number of halogens is 2. The molecule has 0 spiro atoms. The third kappa shape index (κ3) is 4.06. The highest BCUT2D eigenvalue weighted by molar-refractivity contribution is 5.67. The predicted octanol–water partition coefficient (Wildman–Crippen LogP) is 5.17. The highest BCUT2D eigenvalue weighted by Crippen LogP contribution is 2.52. The van der Waals surface area contributed by atoms with Crippen LogP contribution in [-0.4, -0.2) is 45.1 Å². The molecule has 2 atom stereocenters. The maximum absolute atomic E-state index is 13.8. The molecule has 208 valence electrons. The van der Waals surface area contributed by atoms with Crippen LogP contribution in [-0.2, 0) is 0 Å². The zero-order valence-electron chi connectivity index (χ0n) is 22.4. The van der Waals surface area contributed by atoms with Crippen LogP contribution in [0.15, 0.2) is 48.7 Å². The second-order valence-electron chi connectivity index (χ2n) is 9.84. The van der Waals surface area contributed by atoms with Crippen molar-refractivity contribution in [2.24, 2.45) is 0 Å². The summed E-state index contributed by atoms with van der Waals surface area (Å²) in [6.07, 6.45) is -3.40. The van der Waals surface area contributed by atoms with E-state index in [1.807, 2.05) is 49.6 Å². The van der Waals surface area contributed by atoms with E-state index in [0.29, 0.717) is 22.8 Å². The van der Waals surface area contributed by atoms with Crippen molar-refractivity contribution in [2.75, 3.05) is 19.1 Å². The summed E-state index contributed by atoms with van der Waals surface area (Å²) in [6, 6.07) is 11.9. The Morgan fingerprint density at radius 1 is 1.00 bits per heavy atom. The number of imidazole rings is 1. The molecule has 0 aliphatic carbocycles. The average molecular weight is 552 g/mol. The molecule has 40 heavy (non-hydrogen) atoms. The molecule has 2 aromatic carbocycles. The highest BCUT2D eigenvalue weighted by Gasteiger charge is 2.47. The van der Waals surface area contributed by atoms with Crippen LogP contribution >= 0.6 is 0 Å². The molecule has 2 unspecified atom stereocenters. The van der Waals surface area contributed by atoms with Crippen molar-refractivity contribution in [3.05, 3.63) is 71.2 Å². The Balaban J connectivity index is 1.55. The zero-order chi connectivity index (χ0) is 28.3. The van der Waals surface area contributed by atoms with E-state index < -0.39 is 18.6 Å². The lowest BCUT2D eigenvalue weighted by Crippen LogP contribution is -2.29. The third-order valence-corrected chi connectivity index (χ3v) is 6.96. The first-order valence-electron chi connectivity index (χ1n) is 12.6. The molecule has 0 amide bonds. The van der Waals surface area contributed by atoms with Gasteiger partial charge in [0.15, 0.2) is 17.7 Å². The fourth-order valence-corrected chi connectivity index (χ4v) is 5.26. The number of methoxy groups -OCH3 is 2. The van der Waals surface area contributed by atoms with Gasteiger partial charge in [-0.2, -0.15) is 4.98 Å². The summed E-state index contributed by atoms with van der Waals surface area (Å²) in [5.74, 6) is 0.591. The minimum absolute atomic E-state index is 0.0782. The maximum atomic E-state index is 13.8. The van der Waals surface area contributed by atoms with Crippen LogP contribution in [0.25, 0.3) is 11.4 Å². The normalized spacial score (nSPS) is 18.8. The van der Waals surface area contributed by atoms with Gasteiger partial charge in [0.2, 0.25) is 5.88 Å². The number of hydrogen-bond acceptors (Lipinski definition) is 9. The van der Waals surface area contributed by atoms with Crippen molar-refractivity contribution >= 4 is 5.69 Å². The Morgan fingerprint density at radius 2 is 1.73 bits per heavy atom. The second kappa shape index (κ2) is 9.33. The molecule has 4 aromatic rings. The molecule has 0 saturated carbocycles. The number of benzene rings is 2. The molecule has 0 radical (unpaired) electrons. The summed E-state index contributed by atoms with van der Waals surface area (Å²) < 4.78 is 49.5. The Hall–Kier alpha value is -4.45.